The Hall–Kier alpha value is -1.84. The van der Waals surface area contributed by atoms with Crippen molar-refractivity contribution in [3.8, 4) is 28.8 Å². The monoisotopic (exact) mass is 528 g/mol. The number of nitrogens with two attached hydrogens (primary N) is 1. The van der Waals surface area contributed by atoms with Crippen LogP contribution < -0.4 is 10.5 Å². The molecule has 0 radical (unpaired) electrons. The minimum atomic E-state index is -0.428. The number of hydrogen-bond donors (Lipinski definition) is 1. The molecule has 1 aliphatic rings. The second kappa shape index (κ2) is 9.97. The average molecular weight is 530 g/mol. The number of halogens is 2. The lowest BCUT2D eigenvalue weighted by Gasteiger charge is -2.11. The fraction of sp³-hybridized carbons (Fsp3) is 0.346. The third-order valence-corrected chi connectivity index (χ3v) is 7.67. The number of rotatable bonds is 6. The van der Waals surface area contributed by atoms with Crippen molar-refractivity contribution < 1.29 is 4.74 Å². The van der Waals surface area contributed by atoms with E-state index >= 15 is 0 Å². The highest BCUT2D eigenvalue weighted by molar-refractivity contribution is 9.10. The van der Waals surface area contributed by atoms with E-state index in [0.29, 0.717) is 5.02 Å². The Morgan fingerprint density at radius 2 is 1.94 bits per heavy atom. The summed E-state index contributed by atoms with van der Waals surface area (Å²) < 4.78 is 6.45. The zero-order chi connectivity index (χ0) is 22.8. The Kier molecular flexibility index (Phi) is 7.27. The lowest BCUT2D eigenvalue weighted by molar-refractivity contribution is 0.412. The molecule has 0 amide bonds. The summed E-state index contributed by atoms with van der Waals surface area (Å²) in [4.78, 5) is 5.91. The Bertz CT molecular complexity index is 1180. The van der Waals surface area contributed by atoms with Crippen LogP contribution in [-0.4, -0.2) is 12.1 Å². The van der Waals surface area contributed by atoms with Crippen molar-refractivity contribution in [2.45, 2.75) is 45.1 Å². The van der Waals surface area contributed by atoms with E-state index in [-0.39, 0.29) is 5.92 Å². The van der Waals surface area contributed by atoms with Crippen LogP contribution in [0.4, 0.5) is 0 Å². The van der Waals surface area contributed by atoms with Gasteiger partial charge in [-0.2, -0.15) is 0 Å². The number of aromatic nitrogens is 1. The number of methoxy groups -OCH3 is 1. The van der Waals surface area contributed by atoms with E-state index in [0.717, 1.165) is 49.3 Å². The molecule has 1 aliphatic carbocycles. The Labute approximate surface area is 207 Å². The third kappa shape index (κ3) is 5.38. The molecular weight excluding hydrogens is 504 g/mol. The van der Waals surface area contributed by atoms with Crippen LogP contribution in [0.5, 0.6) is 5.75 Å². The van der Waals surface area contributed by atoms with Gasteiger partial charge in [0.15, 0.2) is 0 Å². The minimum Gasteiger partial charge on any atom is -0.496 e. The van der Waals surface area contributed by atoms with Gasteiger partial charge in [0.2, 0.25) is 0 Å². The van der Waals surface area contributed by atoms with E-state index in [4.69, 9.17) is 27.1 Å². The number of ether oxygens (including phenoxy) is 1. The van der Waals surface area contributed by atoms with Crippen molar-refractivity contribution in [1.29, 1.82) is 0 Å². The van der Waals surface area contributed by atoms with E-state index in [1.54, 1.807) is 18.4 Å². The summed E-state index contributed by atoms with van der Waals surface area (Å²) in [6, 6.07) is 11.9. The molecule has 3 nitrogen and oxygen atoms in total. The van der Waals surface area contributed by atoms with Crippen molar-refractivity contribution in [2.24, 2.45) is 11.7 Å². The quantitative estimate of drug-likeness (QED) is 0.338. The van der Waals surface area contributed by atoms with Crippen LogP contribution in [0.2, 0.25) is 5.02 Å². The Balaban J connectivity index is 1.59. The van der Waals surface area contributed by atoms with Crippen LogP contribution in [0.3, 0.4) is 0 Å². The van der Waals surface area contributed by atoms with Crippen LogP contribution >= 0.6 is 38.9 Å². The van der Waals surface area contributed by atoms with Crippen molar-refractivity contribution in [1.82, 2.24) is 4.98 Å². The van der Waals surface area contributed by atoms with Crippen molar-refractivity contribution in [3.05, 3.63) is 66.9 Å². The van der Waals surface area contributed by atoms with E-state index in [1.165, 1.54) is 18.4 Å². The third-order valence-electron chi connectivity index (χ3n) is 5.77. The molecule has 1 aromatic heterocycles. The summed E-state index contributed by atoms with van der Waals surface area (Å²) in [5.74, 6) is 8.50. The van der Waals surface area contributed by atoms with Gasteiger partial charge >= 0.3 is 0 Å². The Morgan fingerprint density at radius 1 is 1.22 bits per heavy atom. The lowest BCUT2D eigenvalue weighted by atomic mass is 9.94. The van der Waals surface area contributed by atoms with Gasteiger partial charge in [-0.1, -0.05) is 64.3 Å². The molecule has 2 atom stereocenters. The van der Waals surface area contributed by atoms with Gasteiger partial charge in [-0.15, -0.1) is 11.3 Å². The van der Waals surface area contributed by atoms with Crippen LogP contribution in [-0.2, 0) is 0 Å². The van der Waals surface area contributed by atoms with E-state index in [9.17, 15) is 0 Å². The first-order valence-electron chi connectivity index (χ1n) is 10.7. The molecule has 32 heavy (non-hydrogen) atoms. The minimum absolute atomic E-state index is 0.195. The largest absolute Gasteiger partial charge is 0.496 e. The molecule has 0 bridgehead atoms. The standard InChI is InChI=1S/C26H26BrClN2OS/c1-15-12-21(22(28)14-24(15)31-3)25-16(2)32-26(30-25)23(29)11-8-19(13-17-4-5-17)18-6-9-20(27)10-7-18/h6-7,9-10,12,14,17,19,23H,4-5,13,29H2,1-3H3. The SMILES string of the molecule is COc1cc(Cl)c(-c2nc(C(N)C#CC(CC3CC3)c3ccc(Br)cc3)sc2C)cc1C. The molecule has 1 saturated carbocycles. The van der Waals surface area contributed by atoms with E-state index < -0.39 is 6.04 Å². The van der Waals surface area contributed by atoms with Gasteiger partial charge in [-0.3, -0.25) is 0 Å². The van der Waals surface area contributed by atoms with Gasteiger partial charge in [0, 0.05) is 20.8 Å². The molecule has 1 fully saturated rings. The molecule has 166 valence electrons. The fourth-order valence-corrected chi connectivity index (χ4v) is 5.17. The van der Waals surface area contributed by atoms with E-state index in [1.807, 2.05) is 26.0 Å². The maximum absolute atomic E-state index is 6.53. The van der Waals surface area contributed by atoms with Crippen molar-refractivity contribution >= 4 is 38.9 Å². The van der Waals surface area contributed by atoms with Crippen LogP contribution in [0.15, 0.2) is 40.9 Å². The molecule has 0 spiro atoms. The number of aryl methyl sites for hydroxylation is 2. The summed E-state index contributed by atoms with van der Waals surface area (Å²) in [6.07, 6.45) is 3.69. The summed E-state index contributed by atoms with van der Waals surface area (Å²) in [5, 5.41) is 1.43. The molecule has 0 aliphatic heterocycles. The second-order valence-electron chi connectivity index (χ2n) is 8.31. The summed E-state index contributed by atoms with van der Waals surface area (Å²) in [6.45, 7) is 4.05. The summed E-state index contributed by atoms with van der Waals surface area (Å²) in [5.41, 5.74) is 10.5. The number of nitrogens with zero attached hydrogens (tertiary/aromatic N) is 1. The number of thiazole rings is 1. The number of benzene rings is 2. The molecule has 1 heterocycles. The summed E-state index contributed by atoms with van der Waals surface area (Å²) in [7, 11) is 1.65. The predicted molar refractivity (Wildman–Crippen MR) is 138 cm³/mol. The smallest absolute Gasteiger partial charge is 0.123 e. The number of hydrogen-bond acceptors (Lipinski definition) is 4. The first-order valence-corrected chi connectivity index (χ1v) is 12.7. The van der Waals surface area contributed by atoms with Gasteiger partial charge in [-0.25, -0.2) is 4.98 Å². The highest BCUT2D eigenvalue weighted by atomic mass is 79.9. The van der Waals surface area contributed by atoms with Crippen LogP contribution in [0.1, 0.15) is 52.2 Å². The van der Waals surface area contributed by atoms with Crippen LogP contribution in [0, 0.1) is 31.6 Å². The Morgan fingerprint density at radius 3 is 2.59 bits per heavy atom. The normalized spacial score (nSPS) is 15.1. The summed E-state index contributed by atoms with van der Waals surface area (Å²) >= 11 is 11.6. The molecule has 2 unspecified atom stereocenters. The van der Waals surface area contributed by atoms with Gasteiger partial charge in [-0.05, 0) is 61.6 Å². The zero-order valence-corrected chi connectivity index (χ0v) is 21.6. The topological polar surface area (TPSA) is 48.1 Å². The van der Waals surface area contributed by atoms with Gasteiger partial charge in [0.25, 0.3) is 0 Å². The first-order chi connectivity index (χ1) is 15.4. The molecule has 4 rings (SSSR count). The van der Waals surface area contributed by atoms with Crippen molar-refractivity contribution in [2.75, 3.05) is 7.11 Å². The van der Waals surface area contributed by atoms with Crippen LogP contribution in [0.25, 0.3) is 11.3 Å². The molecule has 0 saturated heterocycles. The van der Waals surface area contributed by atoms with Gasteiger partial charge < -0.3 is 10.5 Å². The molecule has 2 N–H and O–H groups in total. The van der Waals surface area contributed by atoms with Gasteiger partial charge in [0.05, 0.1) is 17.8 Å². The maximum Gasteiger partial charge on any atom is 0.123 e. The highest BCUT2D eigenvalue weighted by Crippen LogP contribution is 2.39. The molecule has 6 heteroatoms. The van der Waals surface area contributed by atoms with E-state index in [2.05, 4.69) is 52.0 Å². The van der Waals surface area contributed by atoms with Crippen molar-refractivity contribution in [3.63, 3.8) is 0 Å². The average Bonchev–Trinajstić information content (AvgIpc) is 3.52. The fourth-order valence-electron chi connectivity index (χ4n) is 3.78. The maximum atomic E-state index is 6.53. The van der Waals surface area contributed by atoms with Gasteiger partial charge in [0.1, 0.15) is 16.8 Å². The predicted octanol–water partition coefficient (Wildman–Crippen LogP) is 7.44. The molecule has 3 aromatic rings. The molecule has 2 aromatic carbocycles. The lowest BCUT2D eigenvalue weighted by Crippen LogP contribution is -2.08. The molecular formula is C26H26BrClN2OS. The zero-order valence-electron chi connectivity index (χ0n) is 18.4. The second-order valence-corrected chi connectivity index (χ2v) is 10.9. The highest BCUT2D eigenvalue weighted by Gasteiger charge is 2.25. The first kappa shape index (κ1) is 23.3.